The fraction of sp³-hybridized carbons (Fsp3) is 0.417. The third-order valence-corrected chi connectivity index (χ3v) is 2.74. The van der Waals surface area contributed by atoms with E-state index in [1.54, 1.807) is 0 Å². The zero-order valence-corrected chi connectivity index (χ0v) is 10.1. The van der Waals surface area contributed by atoms with E-state index >= 15 is 0 Å². The first-order valence-electron chi connectivity index (χ1n) is 8.94. The molecule has 94 valence electrons. The molecule has 0 amide bonds. The van der Waals surface area contributed by atoms with Gasteiger partial charge in [-0.3, -0.25) is 4.79 Å². The molecule has 0 bridgehead atoms. The van der Waals surface area contributed by atoms with E-state index in [0.29, 0.717) is 0 Å². The van der Waals surface area contributed by atoms with Crippen molar-refractivity contribution in [3.63, 3.8) is 0 Å². The van der Waals surface area contributed by atoms with Crippen molar-refractivity contribution in [2.45, 2.75) is 26.6 Å². The number of carbonyl (C=O) groups is 1. The molecule has 0 aliphatic heterocycles. The quantitative estimate of drug-likeness (QED) is 0.647. The van der Waals surface area contributed by atoms with E-state index in [1.807, 2.05) is 0 Å². The van der Waals surface area contributed by atoms with Gasteiger partial charge in [0, 0.05) is 17.9 Å². The van der Waals surface area contributed by atoms with Crippen LogP contribution >= 0.6 is 23.2 Å². The lowest BCUT2D eigenvalue weighted by atomic mass is 9.83. The molecule has 0 aliphatic rings. The number of carbonyl (C=O) groups excluding carboxylic acids is 1. The molecule has 0 radical (unpaired) electrons. The van der Waals surface area contributed by atoms with E-state index in [4.69, 9.17) is 47.0 Å². The summed E-state index contributed by atoms with van der Waals surface area (Å²) in [7, 11) is 0. The number of ketones is 1. The summed E-state index contributed by atoms with van der Waals surface area (Å²) in [5.41, 5.74) is 7.29. The van der Waals surface area contributed by atoms with Crippen LogP contribution in [0.25, 0.3) is 0 Å². The first-order valence-corrected chi connectivity index (χ1v) is 5.19. The van der Waals surface area contributed by atoms with Gasteiger partial charge in [-0.2, -0.15) is 0 Å². The first kappa shape index (κ1) is 5.91. The summed E-state index contributed by atoms with van der Waals surface area (Å²) >= 11 is 11.6. The van der Waals surface area contributed by atoms with Crippen molar-refractivity contribution in [2.75, 3.05) is 5.73 Å². The summed E-state index contributed by atoms with van der Waals surface area (Å²) in [6.45, 7) is -10.8. The van der Waals surface area contributed by atoms with Gasteiger partial charge in [-0.15, -0.1) is 0 Å². The predicted molar refractivity (Wildman–Crippen MR) is 72.6 cm³/mol. The third-order valence-electron chi connectivity index (χ3n) is 2.11. The number of nitrogens with two attached hydrogens (primary N) is 2. The Labute approximate surface area is 124 Å². The summed E-state index contributed by atoms with van der Waals surface area (Å²) in [4.78, 5) is 12.7. The van der Waals surface area contributed by atoms with Crippen LogP contribution < -0.4 is 11.5 Å². The highest BCUT2D eigenvalue weighted by atomic mass is 35.5. The van der Waals surface area contributed by atoms with Gasteiger partial charge in [0.25, 0.3) is 0 Å². The van der Waals surface area contributed by atoms with Crippen LogP contribution in [0.5, 0.6) is 0 Å². The molecule has 0 aliphatic carbocycles. The maximum Gasteiger partial charge on any atom is 0.180 e. The molecule has 0 saturated carbocycles. The number of halogens is 2. The molecule has 1 atom stereocenters. The summed E-state index contributed by atoms with van der Waals surface area (Å²) in [6, 6.07) is -0.409. The first-order chi connectivity index (χ1) is 11.4. The van der Waals surface area contributed by atoms with E-state index in [2.05, 4.69) is 0 Å². The lowest BCUT2D eigenvalue weighted by Crippen LogP contribution is -2.42. The van der Waals surface area contributed by atoms with Gasteiger partial charge in [-0.05, 0) is 17.5 Å². The summed E-state index contributed by atoms with van der Waals surface area (Å²) < 4.78 is 68.1. The Balaban J connectivity index is 3.71. The molecule has 0 saturated heterocycles. The number of benzene rings is 1. The molecule has 0 spiro atoms. The van der Waals surface area contributed by atoms with Gasteiger partial charge in [0.1, 0.15) is 0 Å². The third kappa shape index (κ3) is 3.12. The average Bonchev–Trinajstić information content (AvgIpc) is 2.38. The van der Waals surface area contributed by atoms with Crippen LogP contribution in [0, 0.1) is 5.41 Å². The van der Waals surface area contributed by atoms with Crippen LogP contribution in [0.3, 0.4) is 0 Å². The zero-order valence-electron chi connectivity index (χ0n) is 17.6. The molecule has 1 aromatic carbocycles. The highest BCUT2D eigenvalue weighted by molar-refractivity contribution is 6.39. The van der Waals surface area contributed by atoms with Crippen molar-refractivity contribution < 1.29 is 17.1 Å². The minimum atomic E-state index is -3.61. The van der Waals surface area contributed by atoms with E-state index in [9.17, 15) is 4.79 Å². The van der Waals surface area contributed by atoms with Crippen LogP contribution in [-0.2, 0) is 0 Å². The molecule has 0 aromatic heterocycles. The highest BCUT2D eigenvalue weighted by Gasteiger charge is 2.28. The lowest BCUT2D eigenvalue weighted by Gasteiger charge is -2.25. The second-order valence-electron chi connectivity index (χ2n) is 3.50. The van der Waals surface area contributed by atoms with Crippen molar-refractivity contribution >= 4 is 34.7 Å². The summed E-state index contributed by atoms with van der Waals surface area (Å²) in [6.07, 6.45) is 0. The second-order valence-corrected chi connectivity index (χ2v) is 4.32. The molecule has 4 N–H and O–H groups in total. The Bertz CT molecular complexity index is 653. The van der Waals surface area contributed by atoms with Gasteiger partial charge >= 0.3 is 0 Å². The van der Waals surface area contributed by atoms with Gasteiger partial charge in [0.15, 0.2) is 5.78 Å². The molecule has 3 nitrogen and oxygen atoms in total. The van der Waals surface area contributed by atoms with Gasteiger partial charge in [-0.25, -0.2) is 0 Å². The molecule has 1 aromatic rings. The smallest absolute Gasteiger partial charge is 0.180 e. The van der Waals surface area contributed by atoms with Crippen LogP contribution in [0.15, 0.2) is 12.1 Å². The zero-order chi connectivity index (χ0) is 20.9. The highest BCUT2D eigenvalue weighted by Crippen LogP contribution is 2.30. The molecular formula is C12H16Cl2N2O. The topological polar surface area (TPSA) is 69.1 Å². The lowest BCUT2D eigenvalue weighted by molar-refractivity contribution is 0.0901. The molecule has 0 heterocycles. The Morgan fingerprint density at radius 1 is 1.35 bits per heavy atom. The van der Waals surface area contributed by atoms with E-state index in [0.717, 1.165) is 12.1 Å². The van der Waals surface area contributed by atoms with Crippen molar-refractivity contribution in [3.8, 4) is 0 Å². The van der Waals surface area contributed by atoms with E-state index in [-0.39, 0.29) is 21.3 Å². The molecular weight excluding hydrogens is 259 g/mol. The van der Waals surface area contributed by atoms with Gasteiger partial charge < -0.3 is 11.5 Å². The Morgan fingerprint density at radius 3 is 2.24 bits per heavy atom. The SMILES string of the molecule is [2H]C([2H])([2H])C(C(N)C(=O)c1cc(Cl)c(N)c(Cl)c1)(C([2H])([2H])[2H])C([2H])([2H])[2H]. The molecule has 0 fully saturated rings. The maximum atomic E-state index is 12.7. The molecule has 1 unspecified atom stereocenters. The number of hydrogen-bond acceptors (Lipinski definition) is 3. The van der Waals surface area contributed by atoms with Gasteiger partial charge in [-0.1, -0.05) is 43.8 Å². The van der Waals surface area contributed by atoms with Crippen molar-refractivity contribution in [3.05, 3.63) is 27.7 Å². The summed E-state index contributed by atoms with van der Waals surface area (Å²) in [5.74, 6) is -1.25. The fourth-order valence-electron chi connectivity index (χ4n) is 1.10. The second kappa shape index (κ2) is 4.84. The number of anilines is 1. The molecule has 17 heavy (non-hydrogen) atoms. The largest absolute Gasteiger partial charge is 0.396 e. The normalized spacial score (nSPS) is 23.6. The maximum absolute atomic E-state index is 12.7. The number of hydrogen-bond donors (Lipinski definition) is 2. The standard InChI is InChI=1S/C12H16Cl2N2O/c1-12(2,3)11(16)10(17)6-4-7(13)9(15)8(14)5-6/h4-5,11H,15-16H2,1-3H3/i1D3,2D3,3D3. The van der Waals surface area contributed by atoms with E-state index < -0.39 is 37.8 Å². The Kier molecular flexibility index (Phi) is 1.69. The minimum absolute atomic E-state index is 0.0628. The number of nitrogen functional groups attached to an aromatic ring is 1. The Morgan fingerprint density at radius 2 is 1.82 bits per heavy atom. The van der Waals surface area contributed by atoms with Crippen LogP contribution in [0.2, 0.25) is 10.0 Å². The van der Waals surface area contributed by atoms with Crippen LogP contribution in [0.1, 0.15) is 43.3 Å². The Hall–Kier alpha value is -0.770. The predicted octanol–water partition coefficient (Wildman–Crippen LogP) is 3.13. The molecule has 5 heteroatoms. The molecule has 1 rings (SSSR count). The fourth-order valence-corrected chi connectivity index (χ4v) is 1.59. The van der Waals surface area contributed by atoms with Crippen LogP contribution in [-0.4, -0.2) is 11.8 Å². The van der Waals surface area contributed by atoms with Crippen molar-refractivity contribution in [1.29, 1.82) is 0 Å². The van der Waals surface area contributed by atoms with E-state index in [1.165, 1.54) is 0 Å². The van der Waals surface area contributed by atoms with Gasteiger partial charge in [0.05, 0.1) is 21.8 Å². The monoisotopic (exact) mass is 283 g/mol. The van der Waals surface area contributed by atoms with Crippen molar-refractivity contribution in [2.24, 2.45) is 11.1 Å². The minimum Gasteiger partial charge on any atom is -0.396 e. The van der Waals surface area contributed by atoms with Crippen molar-refractivity contribution in [1.82, 2.24) is 0 Å². The summed E-state index contributed by atoms with van der Waals surface area (Å²) in [5, 5.41) is -0.314. The average molecular weight is 284 g/mol. The van der Waals surface area contributed by atoms with Crippen LogP contribution in [0.4, 0.5) is 5.69 Å². The number of rotatable bonds is 2. The number of Topliss-reactive ketones (excluding diaryl/α,β-unsaturated/α-hetero) is 1. The van der Waals surface area contributed by atoms with Gasteiger partial charge in [0.2, 0.25) is 0 Å².